The Morgan fingerprint density at radius 2 is 2.15 bits per heavy atom. The number of allylic oxidation sites excluding steroid dienone is 2. The molecule has 0 radical (unpaired) electrons. The summed E-state index contributed by atoms with van der Waals surface area (Å²) in [6.07, 6.45) is 13.0. The molecule has 2 fully saturated rings. The summed E-state index contributed by atoms with van der Waals surface area (Å²) >= 11 is 0.253. The van der Waals surface area contributed by atoms with E-state index in [2.05, 4.69) is 12.2 Å². The molecule has 0 aromatic heterocycles. The van der Waals surface area contributed by atoms with E-state index in [9.17, 15) is 0 Å². The topological polar surface area (TPSA) is 0 Å². The Morgan fingerprint density at radius 3 is 3.15 bits per heavy atom. The van der Waals surface area contributed by atoms with Gasteiger partial charge in [0.2, 0.25) is 0 Å². The Morgan fingerprint density at radius 1 is 1.23 bits per heavy atom. The number of fused-ring (bicyclic) bond motifs is 4. The summed E-state index contributed by atoms with van der Waals surface area (Å²) in [6, 6.07) is 0. The van der Waals surface area contributed by atoms with Gasteiger partial charge in [0.1, 0.15) is 0 Å². The zero-order valence-electron chi connectivity index (χ0n) is 7.89. The molecule has 0 N–H and O–H groups in total. The van der Waals surface area contributed by atoms with Crippen molar-refractivity contribution >= 4 is 19.8 Å². The Kier molecular flexibility index (Phi) is 2.89. The van der Waals surface area contributed by atoms with Crippen LogP contribution in [0.25, 0.3) is 0 Å². The van der Waals surface area contributed by atoms with Crippen molar-refractivity contribution in [1.29, 1.82) is 0 Å². The maximum absolute atomic E-state index is 2.65. The summed E-state index contributed by atoms with van der Waals surface area (Å²) in [7, 11) is 0. The van der Waals surface area contributed by atoms with Crippen molar-refractivity contribution < 1.29 is 21.2 Å². The van der Waals surface area contributed by atoms with Crippen LogP contribution < -0.4 is 21.2 Å². The average molecular weight is 403 g/mol. The molecule has 3 aliphatic rings. The third-order valence-electron chi connectivity index (χ3n) is 3.16. The number of hydrogen-bond acceptors (Lipinski definition) is 0. The van der Waals surface area contributed by atoms with E-state index in [-0.39, 0.29) is 19.8 Å². The van der Waals surface area contributed by atoms with Gasteiger partial charge in [-0.25, -0.2) is 0 Å². The molecular formula is C11H17I2-. The molecule has 0 aromatic rings. The second-order valence-electron chi connectivity index (χ2n) is 4.19. The van der Waals surface area contributed by atoms with Gasteiger partial charge in [-0.05, 0) is 0 Å². The molecule has 3 heterocycles. The van der Waals surface area contributed by atoms with Gasteiger partial charge in [0.25, 0.3) is 0 Å². The van der Waals surface area contributed by atoms with Gasteiger partial charge in [-0.2, -0.15) is 0 Å². The summed E-state index contributed by atoms with van der Waals surface area (Å²) in [5, 5.41) is 0. The Labute approximate surface area is 98.6 Å². The van der Waals surface area contributed by atoms with Crippen molar-refractivity contribution in [2.24, 2.45) is 0 Å². The van der Waals surface area contributed by atoms with Crippen LogP contribution in [0.15, 0.2) is 12.2 Å². The monoisotopic (exact) mass is 403 g/mol. The minimum atomic E-state index is -0.341. The van der Waals surface area contributed by atoms with Crippen molar-refractivity contribution in [3.8, 4) is 0 Å². The first kappa shape index (κ1) is 9.43. The molecule has 13 heavy (non-hydrogen) atoms. The van der Waals surface area contributed by atoms with Crippen LogP contribution >= 0.6 is 19.8 Å². The fraction of sp³-hybridized carbons (Fsp3) is 0.818. The van der Waals surface area contributed by atoms with E-state index in [1.807, 2.05) is 0 Å². The molecule has 0 amide bonds. The van der Waals surface area contributed by atoms with E-state index >= 15 is 0 Å². The first-order valence-electron chi connectivity index (χ1n) is 5.35. The zero-order valence-corrected chi connectivity index (χ0v) is 12.2. The molecule has 0 nitrogen and oxygen atoms in total. The average Bonchev–Trinajstić information content (AvgIpc) is 2.91. The van der Waals surface area contributed by atoms with Gasteiger partial charge >= 0.3 is 99.5 Å². The molecule has 76 valence electrons. The Hall–Kier alpha value is 1.20. The van der Waals surface area contributed by atoms with Gasteiger partial charge < -0.3 is 0 Å². The quantitative estimate of drug-likeness (QED) is 0.308. The Balaban J connectivity index is 1.76. The van der Waals surface area contributed by atoms with E-state index in [1.54, 1.807) is 30.1 Å². The van der Waals surface area contributed by atoms with Gasteiger partial charge in [0.15, 0.2) is 0 Å². The predicted molar refractivity (Wildman–Crippen MR) is 62.5 cm³/mol. The number of alkyl halides is 5. The first-order valence-corrected chi connectivity index (χ1v) is 11.9. The van der Waals surface area contributed by atoms with Gasteiger partial charge in [-0.15, -0.1) is 0 Å². The number of hydrogen-bond donors (Lipinski definition) is 0. The van der Waals surface area contributed by atoms with Crippen molar-refractivity contribution in [3.63, 3.8) is 0 Å². The third kappa shape index (κ3) is 2.08. The van der Waals surface area contributed by atoms with Crippen LogP contribution in [-0.2, 0) is 0 Å². The van der Waals surface area contributed by atoms with Crippen LogP contribution in [-0.4, -0.2) is 14.2 Å². The molecule has 0 saturated carbocycles. The first-order chi connectivity index (χ1) is 6.43. The molecule has 2 bridgehead atoms. The van der Waals surface area contributed by atoms with E-state index in [4.69, 9.17) is 0 Å². The SMILES string of the molecule is C1=CC2[I-]C(C1)CCCCC1CI12. The molecule has 3 atom stereocenters. The molecule has 0 spiro atoms. The van der Waals surface area contributed by atoms with Crippen molar-refractivity contribution in [2.75, 3.05) is 4.43 Å². The standard InChI is InChI=1S/C11H17I2/c1-2-6-10-8-13(10)11-7-3-5-9(4-1)12-11/h3,7,9-11H,1-2,4-6,8H2/q-1. The second kappa shape index (κ2) is 3.99. The van der Waals surface area contributed by atoms with Crippen LogP contribution in [0.1, 0.15) is 32.1 Å². The van der Waals surface area contributed by atoms with Gasteiger partial charge in [0.05, 0.1) is 0 Å². The Bertz CT molecular complexity index is 224. The fourth-order valence-electron chi connectivity index (χ4n) is 2.29. The zero-order chi connectivity index (χ0) is 8.67. The van der Waals surface area contributed by atoms with Crippen molar-refractivity contribution in [2.45, 2.75) is 41.9 Å². The summed E-state index contributed by atoms with van der Waals surface area (Å²) in [5.41, 5.74) is 0. The molecule has 0 aromatic carbocycles. The molecule has 3 rings (SSSR count). The summed E-state index contributed by atoms with van der Waals surface area (Å²) in [4.78, 5) is 0. The van der Waals surface area contributed by atoms with Crippen LogP contribution in [0.5, 0.6) is 0 Å². The van der Waals surface area contributed by atoms with Gasteiger partial charge in [-0.3, -0.25) is 0 Å². The van der Waals surface area contributed by atoms with E-state index in [0.717, 1.165) is 0 Å². The van der Waals surface area contributed by atoms with Crippen molar-refractivity contribution in [1.82, 2.24) is 0 Å². The minimum absolute atomic E-state index is 0.341. The summed E-state index contributed by atoms with van der Waals surface area (Å²) < 4.78 is 5.51. The van der Waals surface area contributed by atoms with Crippen LogP contribution in [0.4, 0.5) is 0 Å². The van der Waals surface area contributed by atoms with E-state index in [0.29, 0.717) is 21.2 Å². The number of halogens is 2. The third-order valence-corrected chi connectivity index (χ3v) is 18.5. The molecule has 0 aliphatic carbocycles. The predicted octanol–water partition coefficient (Wildman–Crippen LogP) is 0.193. The van der Waals surface area contributed by atoms with Crippen molar-refractivity contribution in [3.05, 3.63) is 12.2 Å². The second-order valence-corrected chi connectivity index (χ2v) is 16.9. The normalized spacial score (nSPS) is 46.5. The maximum atomic E-state index is 2.65. The van der Waals surface area contributed by atoms with Gasteiger partial charge in [-0.1, -0.05) is 0 Å². The molecule has 2 saturated heterocycles. The van der Waals surface area contributed by atoms with E-state index < -0.39 is 0 Å². The summed E-state index contributed by atoms with van der Waals surface area (Å²) in [6.45, 7) is 0. The van der Waals surface area contributed by atoms with Crippen LogP contribution in [0.3, 0.4) is 0 Å². The molecule has 3 unspecified atom stereocenters. The molecular weight excluding hydrogens is 386 g/mol. The molecule has 2 heteroatoms. The van der Waals surface area contributed by atoms with Crippen LogP contribution in [0.2, 0.25) is 0 Å². The summed E-state index contributed by atoms with van der Waals surface area (Å²) in [5.74, 6) is 0. The van der Waals surface area contributed by atoms with Gasteiger partial charge in [0, 0.05) is 0 Å². The molecule has 3 aliphatic heterocycles. The van der Waals surface area contributed by atoms with Crippen LogP contribution in [0, 0.1) is 0 Å². The number of rotatable bonds is 0. The fourth-order valence-corrected chi connectivity index (χ4v) is 20.5. The van der Waals surface area contributed by atoms with E-state index in [1.165, 1.54) is 16.2 Å².